The van der Waals surface area contributed by atoms with Crippen LogP contribution in [0.4, 0.5) is 0 Å². The fraction of sp³-hybridized carbons (Fsp3) is 0.556. The first-order chi connectivity index (χ1) is 8.61. The highest BCUT2D eigenvalue weighted by Gasteiger charge is 2.16. The van der Waals surface area contributed by atoms with Crippen molar-refractivity contribution in [2.24, 2.45) is 0 Å². The van der Waals surface area contributed by atoms with E-state index in [0.29, 0.717) is 0 Å². The van der Waals surface area contributed by atoms with E-state index in [4.69, 9.17) is 20.4 Å². The monoisotopic (exact) mass is 297 g/mol. The normalized spacial score (nSPS) is 12.4. The zero-order valence-corrected chi connectivity index (χ0v) is 10.8. The minimum atomic E-state index is -1.79. The van der Waals surface area contributed by atoms with Crippen molar-refractivity contribution >= 4 is 36.4 Å². The molecule has 0 bridgehead atoms. The van der Waals surface area contributed by atoms with E-state index in [9.17, 15) is 19.2 Å². The van der Waals surface area contributed by atoms with E-state index < -0.39 is 36.5 Å². The number of hydrogen-bond acceptors (Lipinski definition) is 6. The fourth-order valence-corrected chi connectivity index (χ4v) is 0.931. The van der Waals surface area contributed by atoms with Crippen molar-refractivity contribution in [1.29, 1.82) is 0 Å². The zero-order chi connectivity index (χ0) is 15.6. The summed E-state index contributed by atoms with van der Waals surface area (Å²) in [4.78, 5) is 39.9. The summed E-state index contributed by atoms with van der Waals surface area (Å²) in [6.45, 7) is 1.26. The summed E-state index contributed by atoms with van der Waals surface area (Å²) in [5, 5.41) is 34.7. The van der Waals surface area contributed by atoms with Gasteiger partial charge in [0.15, 0.2) is 6.10 Å². The van der Waals surface area contributed by atoms with Crippen molar-refractivity contribution in [2.75, 3.05) is 5.75 Å². The molecule has 0 aliphatic rings. The molecule has 1 amide bonds. The Hall–Kier alpha value is -1.81. The number of aliphatic carboxylic acids is 3. The molecule has 110 valence electrons. The standard InChI is InChI=1S/C5H9NO3S.C4H6O5/c1-3(7)6-4(2-10)5(8)9;5-2(4(8)9)1-3(6)7/h4,10H,2H2,1H3,(H,6,7)(H,8,9);2,5H,1H2,(H,6,7)(H,8,9). The maximum absolute atomic E-state index is 10.3. The van der Waals surface area contributed by atoms with Crippen LogP contribution in [-0.4, -0.2) is 62.1 Å². The predicted molar refractivity (Wildman–Crippen MR) is 65.0 cm³/mol. The molecule has 10 heteroatoms. The molecule has 0 spiro atoms. The molecule has 2 atom stereocenters. The van der Waals surface area contributed by atoms with Crippen LogP contribution in [-0.2, 0) is 19.2 Å². The molecule has 0 saturated carbocycles. The summed E-state index contributed by atoms with van der Waals surface area (Å²) < 4.78 is 0. The van der Waals surface area contributed by atoms with E-state index >= 15 is 0 Å². The number of carbonyl (C=O) groups is 4. The van der Waals surface area contributed by atoms with E-state index in [1.54, 1.807) is 0 Å². The van der Waals surface area contributed by atoms with Gasteiger partial charge in [0.05, 0.1) is 6.42 Å². The minimum absolute atomic E-state index is 0.106. The molecule has 0 aromatic carbocycles. The van der Waals surface area contributed by atoms with Gasteiger partial charge in [0.25, 0.3) is 0 Å². The van der Waals surface area contributed by atoms with Crippen LogP contribution in [0.1, 0.15) is 13.3 Å². The first-order valence-corrected chi connectivity index (χ1v) is 5.48. The van der Waals surface area contributed by atoms with Gasteiger partial charge in [0.2, 0.25) is 5.91 Å². The van der Waals surface area contributed by atoms with E-state index in [-0.39, 0.29) is 11.7 Å². The highest BCUT2D eigenvalue weighted by Crippen LogP contribution is 1.89. The molecule has 9 nitrogen and oxygen atoms in total. The Kier molecular flexibility index (Phi) is 10.4. The molecule has 0 aromatic rings. The molecule has 19 heavy (non-hydrogen) atoms. The minimum Gasteiger partial charge on any atom is -0.481 e. The van der Waals surface area contributed by atoms with E-state index in [1.165, 1.54) is 6.92 Å². The Morgan fingerprint density at radius 1 is 1.11 bits per heavy atom. The molecule has 2 unspecified atom stereocenters. The quantitative estimate of drug-likeness (QED) is 0.320. The SMILES string of the molecule is CC(=O)NC(CS)C(=O)O.O=C(O)CC(O)C(=O)O. The van der Waals surface area contributed by atoms with Gasteiger partial charge in [0, 0.05) is 12.7 Å². The van der Waals surface area contributed by atoms with Gasteiger partial charge < -0.3 is 25.7 Å². The van der Waals surface area contributed by atoms with Crippen molar-refractivity contribution in [3.05, 3.63) is 0 Å². The van der Waals surface area contributed by atoms with Crippen LogP contribution < -0.4 is 5.32 Å². The van der Waals surface area contributed by atoms with Crippen LogP contribution in [0.2, 0.25) is 0 Å². The lowest BCUT2D eigenvalue weighted by atomic mass is 10.3. The second-order valence-corrected chi connectivity index (χ2v) is 3.59. The molecule has 0 heterocycles. The summed E-state index contributed by atoms with van der Waals surface area (Å²) in [6, 6.07) is -0.874. The third-order valence-corrected chi connectivity index (χ3v) is 1.88. The Morgan fingerprint density at radius 3 is 1.68 bits per heavy atom. The number of hydrogen-bond donors (Lipinski definition) is 6. The van der Waals surface area contributed by atoms with Crippen LogP contribution >= 0.6 is 12.6 Å². The van der Waals surface area contributed by atoms with Crippen molar-refractivity contribution in [3.8, 4) is 0 Å². The molecule has 0 aliphatic heterocycles. The molecule has 0 radical (unpaired) electrons. The summed E-state index contributed by atoms with van der Waals surface area (Å²) in [5.41, 5.74) is 0. The highest BCUT2D eigenvalue weighted by atomic mass is 32.1. The molecular formula is C9H15NO8S. The first kappa shape index (κ1) is 19.5. The lowest BCUT2D eigenvalue weighted by Crippen LogP contribution is -2.40. The zero-order valence-electron chi connectivity index (χ0n) is 9.94. The topological polar surface area (TPSA) is 161 Å². The van der Waals surface area contributed by atoms with Gasteiger partial charge in [-0.05, 0) is 0 Å². The smallest absolute Gasteiger partial charge is 0.333 e. The van der Waals surface area contributed by atoms with Crippen LogP contribution in [0.25, 0.3) is 0 Å². The summed E-state index contributed by atoms with van der Waals surface area (Å²) in [6.07, 6.45) is -2.54. The summed E-state index contributed by atoms with van der Waals surface area (Å²) in [7, 11) is 0. The molecule has 0 fully saturated rings. The summed E-state index contributed by atoms with van der Waals surface area (Å²) in [5.74, 6) is -4.16. The number of rotatable bonds is 6. The number of nitrogens with one attached hydrogen (secondary N) is 1. The molecule has 0 saturated heterocycles. The number of thiol groups is 1. The molecule has 0 aliphatic carbocycles. The van der Waals surface area contributed by atoms with Crippen molar-refractivity contribution in [2.45, 2.75) is 25.5 Å². The second-order valence-electron chi connectivity index (χ2n) is 3.23. The molecule has 0 rings (SSSR count). The number of aliphatic hydroxyl groups excluding tert-OH is 1. The fourth-order valence-electron chi connectivity index (χ4n) is 0.684. The van der Waals surface area contributed by atoms with Gasteiger partial charge in [0.1, 0.15) is 6.04 Å². The Morgan fingerprint density at radius 2 is 1.58 bits per heavy atom. The largest absolute Gasteiger partial charge is 0.481 e. The van der Waals surface area contributed by atoms with Gasteiger partial charge in [-0.3, -0.25) is 9.59 Å². The van der Waals surface area contributed by atoms with Gasteiger partial charge in [-0.1, -0.05) is 0 Å². The summed E-state index contributed by atoms with van der Waals surface area (Å²) >= 11 is 3.73. The number of carboxylic acids is 3. The Bertz CT molecular complexity index is 345. The number of carboxylic acid groups (broad SMARTS) is 3. The van der Waals surface area contributed by atoms with Gasteiger partial charge in [-0.15, -0.1) is 0 Å². The predicted octanol–water partition coefficient (Wildman–Crippen LogP) is -1.59. The lowest BCUT2D eigenvalue weighted by molar-refractivity contribution is -0.152. The number of amides is 1. The molecular weight excluding hydrogens is 282 g/mol. The Labute approximate surface area is 113 Å². The first-order valence-electron chi connectivity index (χ1n) is 4.85. The maximum Gasteiger partial charge on any atom is 0.333 e. The van der Waals surface area contributed by atoms with Crippen molar-refractivity contribution in [3.63, 3.8) is 0 Å². The maximum atomic E-state index is 10.3. The second kappa shape index (κ2) is 10.1. The Balaban J connectivity index is 0. The van der Waals surface area contributed by atoms with Crippen molar-refractivity contribution in [1.82, 2.24) is 5.32 Å². The average Bonchev–Trinajstić information content (AvgIpc) is 2.25. The molecule has 5 N–H and O–H groups in total. The number of aliphatic hydroxyl groups is 1. The van der Waals surface area contributed by atoms with Crippen LogP contribution in [0.3, 0.4) is 0 Å². The van der Waals surface area contributed by atoms with Gasteiger partial charge in [-0.2, -0.15) is 12.6 Å². The van der Waals surface area contributed by atoms with Crippen LogP contribution in [0, 0.1) is 0 Å². The van der Waals surface area contributed by atoms with E-state index in [0.717, 1.165) is 0 Å². The third kappa shape index (κ3) is 12.4. The average molecular weight is 297 g/mol. The van der Waals surface area contributed by atoms with Gasteiger partial charge in [-0.25, -0.2) is 9.59 Å². The van der Waals surface area contributed by atoms with E-state index in [2.05, 4.69) is 17.9 Å². The third-order valence-electron chi connectivity index (χ3n) is 1.51. The van der Waals surface area contributed by atoms with Crippen LogP contribution in [0.15, 0.2) is 0 Å². The number of carbonyl (C=O) groups excluding carboxylic acids is 1. The van der Waals surface area contributed by atoms with E-state index in [1.807, 2.05) is 0 Å². The van der Waals surface area contributed by atoms with Gasteiger partial charge >= 0.3 is 17.9 Å². The van der Waals surface area contributed by atoms with Crippen molar-refractivity contribution < 1.29 is 39.6 Å². The molecule has 0 aromatic heterocycles. The highest BCUT2D eigenvalue weighted by molar-refractivity contribution is 7.80. The lowest BCUT2D eigenvalue weighted by Gasteiger charge is -2.08. The van der Waals surface area contributed by atoms with Crippen LogP contribution in [0.5, 0.6) is 0 Å².